The van der Waals surface area contributed by atoms with Crippen molar-refractivity contribution in [2.75, 3.05) is 36.5 Å². The monoisotopic (exact) mass is 434 g/mol. The van der Waals surface area contributed by atoms with Gasteiger partial charge in [0.25, 0.3) is 5.91 Å². The van der Waals surface area contributed by atoms with Gasteiger partial charge in [0.15, 0.2) is 5.65 Å². The van der Waals surface area contributed by atoms with Gasteiger partial charge in [0, 0.05) is 47.8 Å². The maximum Gasteiger partial charge on any atom is 0.259 e. The molecule has 156 valence electrons. The van der Waals surface area contributed by atoms with Crippen molar-refractivity contribution in [1.29, 1.82) is 0 Å². The zero-order valence-corrected chi connectivity index (χ0v) is 17.3. The number of anilines is 2. The number of benzene rings is 1. The van der Waals surface area contributed by atoms with Crippen molar-refractivity contribution in [1.82, 2.24) is 19.6 Å². The highest BCUT2D eigenvalue weighted by molar-refractivity contribution is 6.30. The van der Waals surface area contributed by atoms with E-state index in [4.69, 9.17) is 16.3 Å². The second-order valence-corrected chi connectivity index (χ2v) is 7.54. The van der Waals surface area contributed by atoms with Crippen LogP contribution in [-0.2, 0) is 4.74 Å². The van der Waals surface area contributed by atoms with E-state index in [2.05, 4.69) is 25.3 Å². The molecule has 0 spiro atoms. The molecule has 1 aromatic carbocycles. The average molecular weight is 435 g/mol. The maximum atomic E-state index is 13.0. The van der Waals surface area contributed by atoms with Crippen molar-refractivity contribution >= 4 is 34.7 Å². The van der Waals surface area contributed by atoms with Crippen molar-refractivity contribution in [3.05, 3.63) is 71.6 Å². The average Bonchev–Trinajstić information content (AvgIpc) is 3.24. The van der Waals surface area contributed by atoms with Crippen LogP contribution in [0, 0.1) is 0 Å². The SMILES string of the molecule is O=C(Nc1ccnc(N2CCOCC2)c1)c1ccnn2cc(-c3cccc(Cl)c3)nc12. The highest BCUT2D eigenvalue weighted by atomic mass is 35.5. The van der Waals surface area contributed by atoms with Gasteiger partial charge in [-0.1, -0.05) is 23.7 Å². The Morgan fingerprint density at radius 2 is 1.97 bits per heavy atom. The number of hydrogen-bond acceptors (Lipinski definition) is 6. The molecule has 0 saturated carbocycles. The highest BCUT2D eigenvalue weighted by Gasteiger charge is 2.17. The van der Waals surface area contributed by atoms with Crippen LogP contribution in [0.5, 0.6) is 0 Å². The van der Waals surface area contributed by atoms with Crippen molar-refractivity contribution in [3.8, 4) is 11.3 Å². The summed E-state index contributed by atoms with van der Waals surface area (Å²) in [6.45, 7) is 2.88. The van der Waals surface area contributed by atoms with Crippen LogP contribution in [-0.4, -0.2) is 51.8 Å². The molecule has 0 radical (unpaired) electrons. The molecule has 1 amide bonds. The summed E-state index contributed by atoms with van der Waals surface area (Å²) in [5.41, 5.74) is 3.10. The molecular formula is C22H19ClN6O2. The molecule has 1 aliphatic rings. The second kappa shape index (κ2) is 8.33. The number of pyridine rings is 1. The number of amides is 1. The van der Waals surface area contributed by atoms with Gasteiger partial charge in [0.1, 0.15) is 5.82 Å². The van der Waals surface area contributed by atoms with Crippen LogP contribution in [0.4, 0.5) is 11.5 Å². The number of carbonyl (C=O) groups excluding carboxylic acids is 1. The lowest BCUT2D eigenvalue weighted by molar-refractivity contribution is 0.102. The van der Waals surface area contributed by atoms with Crippen LogP contribution in [0.2, 0.25) is 5.02 Å². The second-order valence-electron chi connectivity index (χ2n) is 7.11. The first-order chi connectivity index (χ1) is 15.2. The number of imidazole rings is 1. The Hall–Kier alpha value is -3.49. The molecule has 1 N–H and O–H groups in total. The summed E-state index contributed by atoms with van der Waals surface area (Å²) in [6, 6.07) is 12.7. The molecule has 31 heavy (non-hydrogen) atoms. The van der Waals surface area contributed by atoms with Gasteiger partial charge in [-0.2, -0.15) is 5.10 Å². The number of carbonyl (C=O) groups is 1. The summed E-state index contributed by atoms with van der Waals surface area (Å²) >= 11 is 6.10. The zero-order chi connectivity index (χ0) is 21.2. The van der Waals surface area contributed by atoms with Gasteiger partial charge in [0.05, 0.1) is 30.7 Å². The van der Waals surface area contributed by atoms with Gasteiger partial charge in [-0.3, -0.25) is 4.79 Å². The van der Waals surface area contributed by atoms with Crippen LogP contribution in [0.15, 0.2) is 61.1 Å². The lowest BCUT2D eigenvalue weighted by atomic mass is 10.2. The number of rotatable bonds is 4. The maximum absolute atomic E-state index is 13.0. The topological polar surface area (TPSA) is 84.7 Å². The van der Waals surface area contributed by atoms with Crippen molar-refractivity contribution < 1.29 is 9.53 Å². The van der Waals surface area contributed by atoms with E-state index in [1.54, 1.807) is 41.3 Å². The van der Waals surface area contributed by atoms with Gasteiger partial charge in [-0.25, -0.2) is 14.5 Å². The van der Waals surface area contributed by atoms with Gasteiger partial charge in [-0.05, 0) is 24.3 Å². The number of nitrogens with zero attached hydrogens (tertiary/aromatic N) is 5. The molecule has 4 heterocycles. The molecule has 0 aliphatic carbocycles. The number of halogens is 1. The summed E-state index contributed by atoms with van der Waals surface area (Å²) in [4.78, 5) is 24.2. The summed E-state index contributed by atoms with van der Waals surface area (Å²) in [5.74, 6) is 0.541. The lowest BCUT2D eigenvalue weighted by Crippen LogP contribution is -2.36. The molecule has 1 saturated heterocycles. The highest BCUT2D eigenvalue weighted by Crippen LogP contribution is 2.24. The first-order valence-corrected chi connectivity index (χ1v) is 10.3. The van der Waals surface area contributed by atoms with Crippen molar-refractivity contribution in [3.63, 3.8) is 0 Å². The van der Waals surface area contributed by atoms with E-state index >= 15 is 0 Å². The van der Waals surface area contributed by atoms with Gasteiger partial charge < -0.3 is 15.0 Å². The largest absolute Gasteiger partial charge is 0.378 e. The lowest BCUT2D eigenvalue weighted by Gasteiger charge is -2.28. The molecule has 8 nitrogen and oxygen atoms in total. The van der Waals surface area contributed by atoms with E-state index in [0.717, 1.165) is 24.5 Å². The predicted octanol–water partition coefficient (Wildman–Crippen LogP) is 3.53. The van der Waals surface area contributed by atoms with E-state index in [1.165, 1.54) is 0 Å². The molecule has 1 aliphatic heterocycles. The Morgan fingerprint density at radius 3 is 2.81 bits per heavy atom. The Morgan fingerprint density at radius 1 is 1.10 bits per heavy atom. The normalized spacial score (nSPS) is 14.0. The molecule has 0 unspecified atom stereocenters. The third-order valence-corrected chi connectivity index (χ3v) is 5.30. The first-order valence-electron chi connectivity index (χ1n) is 9.88. The first kappa shape index (κ1) is 19.5. The summed E-state index contributed by atoms with van der Waals surface area (Å²) in [5, 5.41) is 7.86. The number of morpholine rings is 1. The number of ether oxygens (including phenoxy) is 1. The van der Waals surface area contributed by atoms with Crippen LogP contribution in [0.25, 0.3) is 16.9 Å². The standard InChI is InChI=1S/C22H19ClN6O2/c23-16-3-1-2-15(12-16)19-14-29-21(27-19)18(5-7-25-29)22(30)26-17-4-6-24-20(13-17)28-8-10-31-11-9-28/h1-7,12-14H,8-11H2,(H,24,26,30). The van der Waals surface area contributed by atoms with E-state index in [-0.39, 0.29) is 5.91 Å². The third kappa shape index (κ3) is 4.08. The Balaban J connectivity index is 1.42. The molecule has 0 bridgehead atoms. The van der Waals surface area contributed by atoms with E-state index in [9.17, 15) is 4.79 Å². The Kier molecular flexibility index (Phi) is 5.23. The minimum absolute atomic E-state index is 0.269. The summed E-state index contributed by atoms with van der Waals surface area (Å²) < 4.78 is 6.99. The molecule has 4 aromatic rings. The fourth-order valence-electron chi connectivity index (χ4n) is 3.52. The van der Waals surface area contributed by atoms with Crippen molar-refractivity contribution in [2.24, 2.45) is 0 Å². The number of fused-ring (bicyclic) bond motifs is 1. The summed E-state index contributed by atoms with van der Waals surface area (Å²) in [7, 11) is 0. The minimum atomic E-state index is -0.269. The van der Waals surface area contributed by atoms with Gasteiger partial charge in [-0.15, -0.1) is 0 Å². The zero-order valence-electron chi connectivity index (χ0n) is 16.5. The molecule has 9 heteroatoms. The van der Waals surface area contributed by atoms with Crippen LogP contribution < -0.4 is 10.2 Å². The minimum Gasteiger partial charge on any atom is -0.378 e. The van der Waals surface area contributed by atoms with E-state index in [0.29, 0.717) is 40.8 Å². The molecule has 5 rings (SSSR count). The number of aromatic nitrogens is 4. The fourth-order valence-corrected chi connectivity index (χ4v) is 3.71. The van der Waals surface area contributed by atoms with E-state index < -0.39 is 0 Å². The summed E-state index contributed by atoms with van der Waals surface area (Å²) in [6.07, 6.45) is 5.05. The Labute approximate surface area is 183 Å². The van der Waals surface area contributed by atoms with Gasteiger partial charge in [0.2, 0.25) is 0 Å². The van der Waals surface area contributed by atoms with Crippen molar-refractivity contribution in [2.45, 2.75) is 0 Å². The predicted molar refractivity (Wildman–Crippen MR) is 119 cm³/mol. The van der Waals surface area contributed by atoms with Gasteiger partial charge >= 0.3 is 0 Å². The van der Waals surface area contributed by atoms with Crippen LogP contribution in [0.1, 0.15) is 10.4 Å². The number of nitrogens with one attached hydrogen (secondary N) is 1. The molecule has 3 aromatic heterocycles. The quantitative estimate of drug-likeness (QED) is 0.529. The molecule has 1 fully saturated rings. The van der Waals surface area contributed by atoms with E-state index in [1.807, 2.05) is 24.3 Å². The molecule has 0 atom stereocenters. The van der Waals surface area contributed by atoms with Crippen LogP contribution in [0.3, 0.4) is 0 Å². The molecular weight excluding hydrogens is 416 g/mol. The smallest absolute Gasteiger partial charge is 0.259 e. The van der Waals surface area contributed by atoms with Crippen LogP contribution >= 0.6 is 11.6 Å². The Bertz CT molecular complexity index is 1250. The number of hydrogen-bond donors (Lipinski definition) is 1. The third-order valence-electron chi connectivity index (χ3n) is 5.06. The fraction of sp³-hybridized carbons (Fsp3) is 0.182.